The summed E-state index contributed by atoms with van der Waals surface area (Å²) in [5.41, 5.74) is 1.53. The maximum absolute atomic E-state index is 11.7. The van der Waals surface area contributed by atoms with E-state index < -0.39 is 20.2 Å². The van der Waals surface area contributed by atoms with Gasteiger partial charge in [-0.05, 0) is 0 Å². The number of halogens is 1. The number of carbonyl (C=O) groups is 1. The van der Waals surface area contributed by atoms with E-state index in [9.17, 15) is 4.79 Å². The average Bonchev–Trinajstić information content (AvgIpc) is 2.82. The number of methoxy groups -OCH3 is 1. The van der Waals surface area contributed by atoms with Crippen LogP contribution >= 0.6 is 20.2 Å². The molecule has 1 heterocycles. The van der Waals surface area contributed by atoms with Crippen LogP contribution in [0.3, 0.4) is 0 Å². The van der Waals surface area contributed by atoms with Crippen LogP contribution in [0.25, 0.3) is 0 Å². The fraction of sp³-hybridized carbons (Fsp3) is 0.0625. The van der Waals surface area contributed by atoms with Crippen LogP contribution in [-0.4, -0.2) is 13.1 Å². The van der Waals surface area contributed by atoms with Crippen molar-refractivity contribution in [2.45, 2.75) is 0 Å². The minimum absolute atomic E-state index is 0.245. The normalized spacial score (nSPS) is 14.1. The van der Waals surface area contributed by atoms with Gasteiger partial charge in [-0.2, -0.15) is 0 Å². The third-order valence-electron chi connectivity index (χ3n) is 2.77. The van der Waals surface area contributed by atoms with Gasteiger partial charge in [0.05, 0.1) is 0 Å². The van der Waals surface area contributed by atoms with Gasteiger partial charge in [0.15, 0.2) is 0 Å². The van der Waals surface area contributed by atoms with Crippen LogP contribution in [0.4, 0.5) is 0 Å². The molecule has 0 aromatic heterocycles. The molecule has 0 atom stereocenters. The van der Waals surface area contributed by atoms with Crippen molar-refractivity contribution in [1.29, 1.82) is 0 Å². The molecule has 3 rings (SSSR count). The zero-order valence-electron chi connectivity index (χ0n) is 10.7. The van der Waals surface area contributed by atoms with E-state index >= 15 is 0 Å². The fourth-order valence-electron chi connectivity index (χ4n) is 1.80. The van der Waals surface area contributed by atoms with E-state index in [2.05, 4.69) is 9.85 Å². The molecule has 2 aromatic carbocycles. The Bertz CT molecular complexity index is 728. The van der Waals surface area contributed by atoms with Gasteiger partial charge >= 0.3 is 125 Å². The first-order chi connectivity index (χ1) is 9.78. The Morgan fingerprint density at radius 1 is 1.15 bits per heavy atom. The predicted octanol–water partition coefficient (Wildman–Crippen LogP) is 3.47. The van der Waals surface area contributed by atoms with Crippen LogP contribution in [0, 0.1) is 13.4 Å². The Labute approximate surface area is 124 Å². The van der Waals surface area contributed by atoms with Crippen LogP contribution in [0.5, 0.6) is 5.75 Å². The molecule has 0 unspecified atom stereocenters. The second-order valence-corrected chi connectivity index (χ2v) is 7.61. The molecule has 0 saturated heterocycles. The maximum atomic E-state index is 11.7. The number of fused-ring (bicyclic) bond motifs is 1. The summed E-state index contributed by atoms with van der Waals surface area (Å²) >= 11 is -2.17. The van der Waals surface area contributed by atoms with E-state index in [4.69, 9.17) is 7.80 Å². The number of hydrogen-bond donors (Lipinski definition) is 0. The van der Waals surface area contributed by atoms with Crippen molar-refractivity contribution in [1.82, 2.24) is 0 Å². The van der Waals surface area contributed by atoms with Gasteiger partial charge in [-0.25, -0.2) is 0 Å². The second-order valence-electron chi connectivity index (χ2n) is 4.04. The van der Waals surface area contributed by atoms with Gasteiger partial charge < -0.3 is 0 Å². The van der Waals surface area contributed by atoms with Gasteiger partial charge in [0.1, 0.15) is 0 Å². The summed E-state index contributed by atoms with van der Waals surface area (Å²) in [5.74, 6) is 3.61. The van der Waals surface area contributed by atoms with Gasteiger partial charge in [-0.1, -0.05) is 0 Å². The fourth-order valence-corrected chi connectivity index (χ4v) is 5.09. The van der Waals surface area contributed by atoms with Gasteiger partial charge in [0.2, 0.25) is 0 Å². The molecule has 100 valence electrons. The Morgan fingerprint density at radius 3 is 2.85 bits per heavy atom. The van der Waals surface area contributed by atoms with Crippen molar-refractivity contribution in [2.75, 3.05) is 7.11 Å². The molecule has 20 heavy (non-hydrogen) atoms. The SMILES string of the molecule is COc1cccc(C#CI2OC(=O)c3ccccc32)c1. The zero-order chi connectivity index (χ0) is 13.9. The summed E-state index contributed by atoms with van der Waals surface area (Å²) in [5, 5.41) is 0. The molecular weight excluding hydrogens is 367 g/mol. The molecular formula is C16H11IO3. The van der Waals surface area contributed by atoms with Crippen molar-refractivity contribution < 1.29 is 12.6 Å². The van der Waals surface area contributed by atoms with Crippen molar-refractivity contribution >= 4 is 26.2 Å². The van der Waals surface area contributed by atoms with Crippen LogP contribution in [0.15, 0.2) is 48.5 Å². The van der Waals surface area contributed by atoms with Crippen LogP contribution in [0.2, 0.25) is 0 Å². The number of ether oxygens (including phenoxy) is 1. The molecule has 0 saturated carbocycles. The molecule has 0 fully saturated rings. The summed E-state index contributed by atoms with van der Waals surface area (Å²) in [4.78, 5) is 11.7. The van der Waals surface area contributed by atoms with E-state index in [1.807, 2.05) is 42.5 Å². The standard InChI is InChI=1S/C16H11IO3/c1-19-13-6-4-5-12(11-13)9-10-17-15-8-3-2-7-14(15)16(18)20-17/h2-8,11H,1H3. The van der Waals surface area contributed by atoms with E-state index in [0.717, 1.165) is 14.9 Å². The van der Waals surface area contributed by atoms with E-state index in [1.54, 1.807) is 13.2 Å². The summed E-state index contributed by atoms with van der Waals surface area (Å²) in [6, 6.07) is 15.0. The zero-order valence-corrected chi connectivity index (χ0v) is 12.9. The monoisotopic (exact) mass is 378 g/mol. The molecule has 3 nitrogen and oxygen atoms in total. The first-order valence-electron chi connectivity index (χ1n) is 5.95. The summed E-state index contributed by atoms with van der Waals surface area (Å²) in [6.45, 7) is 0. The van der Waals surface area contributed by atoms with Crippen molar-refractivity contribution in [3.63, 3.8) is 0 Å². The van der Waals surface area contributed by atoms with Crippen molar-refractivity contribution in [2.24, 2.45) is 0 Å². The molecule has 0 radical (unpaired) electrons. The van der Waals surface area contributed by atoms with E-state index in [-0.39, 0.29) is 5.97 Å². The molecule has 0 aliphatic carbocycles. The summed E-state index contributed by atoms with van der Waals surface area (Å²) in [6.07, 6.45) is 0. The van der Waals surface area contributed by atoms with Gasteiger partial charge in [-0.3, -0.25) is 0 Å². The van der Waals surface area contributed by atoms with Crippen molar-refractivity contribution in [3.8, 4) is 15.6 Å². The van der Waals surface area contributed by atoms with Gasteiger partial charge in [0, 0.05) is 0 Å². The Balaban J connectivity index is 1.90. The number of carbonyl (C=O) groups excluding carboxylic acids is 1. The Kier molecular flexibility index (Phi) is 3.61. The first-order valence-corrected chi connectivity index (χ1v) is 8.99. The molecule has 0 bridgehead atoms. The van der Waals surface area contributed by atoms with Crippen LogP contribution < -0.4 is 4.74 Å². The molecule has 0 N–H and O–H groups in total. The Hall–Kier alpha value is -2.00. The second kappa shape index (κ2) is 5.55. The molecule has 2 aromatic rings. The third-order valence-corrected chi connectivity index (χ3v) is 6.37. The van der Waals surface area contributed by atoms with E-state index in [1.165, 1.54) is 0 Å². The molecule has 4 heteroatoms. The Morgan fingerprint density at radius 2 is 2.00 bits per heavy atom. The van der Waals surface area contributed by atoms with Crippen LogP contribution in [-0.2, 0) is 3.07 Å². The minimum atomic E-state index is -2.17. The number of hydrogen-bond acceptors (Lipinski definition) is 3. The topological polar surface area (TPSA) is 35.5 Å². The quantitative estimate of drug-likeness (QED) is 0.563. The van der Waals surface area contributed by atoms with Crippen LogP contribution in [0.1, 0.15) is 15.9 Å². The average molecular weight is 378 g/mol. The molecule has 0 amide bonds. The van der Waals surface area contributed by atoms with Gasteiger partial charge in [-0.15, -0.1) is 0 Å². The molecule has 1 aliphatic rings. The number of rotatable bonds is 1. The first kappa shape index (κ1) is 13.0. The van der Waals surface area contributed by atoms with Crippen molar-refractivity contribution in [3.05, 3.63) is 63.2 Å². The molecule has 0 spiro atoms. The van der Waals surface area contributed by atoms with Gasteiger partial charge in [0.25, 0.3) is 0 Å². The number of benzene rings is 2. The molecule has 1 aliphatic heterocycles. The van der Waals surface area contributed by atoms with E-state index in [0.29, 0.717) is 5.56 Å². The third kappa shape index (κ3) is 2.49. The summed E-state index contributed by atoms with van der Waals surface area (Å²) in [7, 11) is 1.62. The predicted molar refractivity (Wildman–Crippen MR) is 84.4 cm³/mol. The summed E-state index contributed by atoms with van der Waals surface area (Å²) < 4.78 is 14.7.